The van der Waals surface area contributed by atoms with Crippen LogP contribution in [0.2, 0.25) is 0 Å². The molecule has 2 rings (SSSR count). The van der Waals surface area contributed by atoms with Crippen molar-refractivity contribution in [1.82, 2.24) is 4.90 Å². The van der Waals surface area contributed by atoms with Crippen molar-refractivity contribution in [3.05, 3.63) is 0 Å². The van der Waals surface area contributed by atoms with Crippen LogP contribution in [-0.4, -0.2) is 41.3 Å². The largest absolute Gasteiger partial charge is 0.466 e. The van der Waals surface area contributed by atoms with Gasteiger partial charge in [0.1, 0.15) is 5.60 Å². The van der Waals surface area contributed by atoms with Gasteiger partial charge in [-0.15, -0.1) is 0 Å². The minimum atomic E-state index is -0.460. The summed E-state index contributed by atoms with van der Waals surface area (Å²) < 4.78 is 10.5. The van der Waals surface area contributed by atoms with Crippen LogP contribution in [0.1, 0.15) is 59.8 Å². The first-order chi connectivity index (χ1) is 9.80. The Bertz CT molecular complexity index is 388. The first kappa shape index (κ1) is 16.1. The summed E-state index contributed by atoms with van der Waals surface area (Å²) in [4.78, 5) is 25.8. The Morgan fingerprint density at radius 3 is 2.19 bits per heavy atom. The normalized spacial score (nSPS) is 28.4. The van der Waals surface area contributed by atoms with Crippen LogP contribution in [0.4, 0.5) is 4.79 Å². The molecule has 2 unspecified atom stereocenters. The van der Waals surface area contributed by atoms with Crippen molar-refractivity contribution < 1.29 is 19.1 Å². The monoisotopic (exact) mass is 297 g/mol. The number of ether oxygens (including phenoxy) is 2. The van der Waals surface area contributed by atoms with Gasteiger partial charge in [-0.1, -0.05) is 0 Å². The van der Waals surface area contributed by atoms with Crippen molar-refractivity contribution in [3.8, 4) is 0 Å². The van der Waals surface area contributed by atoms with E-state index in [2.05, 4.69) is 0 Å². The molecule has 0 radical (unpaired) electrons. The van der Waals surface area contributed by atoms with E-state index in [-0.39, 0.29) is 24.1 Å². The van der Waals surface area contributed by atoms with Crippen molar-refractivity contribution in [1.29, 1.82) is 0 Å². The van der Waals surface area contributed by atoms with Gasteiger partial charge in [-0.2, -0.15) is 0 Å². The molecule has 3 atom stereocenters. The highest BCUT2D eigenvalue weighted by molar-refractivity contribution is 5.71. The standard InChI is InChI=1S/C16H27NO4/c1-5-20-14(18)10-11-8-12-6-7-13(9-11)17(12)15(19)21-16(2,3)4/h11-13H,5-10H2,1-4H3/t11?,12-,13?/m0/s1. The number of carbonyl (C=O) groups excluding carboxylic acids is 2. The van der Waals surface area contributed by atoms with Crippen LogP contribution < -0.4 is 0 Å². The van der Waals surface area contributed by atoms with E-state index in [0.29, 0.717) is 18.9 Å². The molecule has 2 fully saturated rings. The van der Waals surface area contributed by atoms with Gasteiger partial charge in [0.05, 0.1) is 6.61 Å². The van der Waals surface area contributed by atoms with Crippen molar-refractivity contribution in [3.63, 3.8) is 0 Å². The molecule has 21 heavy (non-hydrogen) atoms. The quantitative estimate of drug-likeness (QED) is 0.751. The molecule has 0 aromatic carbocycles. The molecular weight excluding hydrogens is 270 g/mol. The van der Waals surface area contributed by atoms with Crippen molar-refractivity contribution in [2.45, 2.75) is 77.5 Å². The summed E-state index contributed by atoms with van der Waals surface area (Å²) in [7, 11) is 0. The second kappa shape index (κ2) is 6.24. The van der Waals surface area contributed by atoms with Crippen molar-refractivity contribution >= 4 is 12.1 Å². The Kier molecular flexibility index (Phi) is 4.79. The van der Waals surface area contributed by atoms with E-state index in [0.717, 1.165) is 25.7 Å². The van der Waals surface area contributed by atoms with Gasteiger partial charge in [-0.25, -0.2) is 4.79 Å². The van der Waals surface area contributed by atoms with Gasteiger partial charge in [0.25, 0.3) is 0 Å². The Balaban J connectivity index is 1.93. The molecule has 2 heterocycles. The number of amides is 1. The number of hydrogen-bond acceptors (Lipinski definition) is 4. The molecule has 0 N–H and O–H groups in total. The van der Waals surface area contributed by atoms with Crippen LogP contribution in [0, 0.1) is 5.92 Å². The lowest BCUT2D eigenvalue weighted by atomic mass is 9.88. The fourth-order valence-corrected chi connectivity index (χ4v) is 3.52. The summed E-state index contributed by atoms with van der Waals surface area (Å²) in [5, 5.41) is 0. The van der Waals surface area contributed by atoms with Crippen LogP contribution in [0.5, 0.6) is 0 Å². The number of piperidine rings is 1. The first-order valence-corrected chi connectivity index (χ1v) is 7.97. The summed E-state index contributed by atoms with van der Waals surface area (Å²) in [6, 6.07) is 0.441. The lowest BCUT2D eigenvalue weighted by molar-refractivity contribution is -0.144. The van der Waals surface area contributed by atoms with E-state index in [1.807, 2.05) is 32.6 Å². The Labute approximate surface area is 127 Å². The van der Waals surface area contributed by atoms with Crippen LogP contribution in [0.15, 0.2) is 0 Å². The smallest absolute Gasteiger partial charge is 0.410 e. The summed E-state index contributed by atoms with van der Waals surface area (Å²) in [5.74, 6) is 0.216. The zero-order valence-electron chi connectivity index (χ0n) is 13.6. The zero-order chi connectivity index (χ0) is 15.6. The summed E-state index contributed by atoms with van der Waals surface area (Å²) >= 11 is 0. The van der Waals surface area contributed by atoms with Gasteiger partial charge in [-0.05, 0) is 59.3 Å². The topological polar surface area (TPSA) is 55.8 Å². The minimum absolute atomic E-state index is 0.118. The molecule has 0 aliphatic carbocycles. The van der Waals surface area contributed by atoms with Crippen LogP contribution in [-0.2, 0) is 14.3 Å². The molecule has 2 aliphatic rings. The maximum Gasteiger partial charge on any atom is 0.410 e. The number of esters is 1. The molecule has 5 nitrogen and oxygen atoms in total. The number of hydrogen-bond donors (Lipinski definition) is 0. The lowest BCUT2D eigenvalue weighted by Gasteiger charge is -2.39. The van der Waals surface area contributed by atoms with E-state index in [9.17, 15) is 9.59 Å². The summed E-state index contributed by atoms with van der Waals surface area (Å²) in [6.45, 7) is 7.93. The van der Waals surface area contributed by atoms with E-state index in [1.54, 1.807) is 0 Å². The highest BCUT2D eigenvalue weighted by Crippen LogP contribution is 2.40. The second-order valence-corrected chi connectivity index (χ2v) is 7.12. The van der Waals surface area contributed by atoms with E-state index in [1.165, 1.54) is 0 Å². The third kappa shape index (κ3) is 4.11. The molecule has 120 valence electrons. The predicted molar refractivity (Wildman–Crippen MR) is 78.9 cm³/mol. The van der Waals surface area contributed by atoms with Crippen molar-refractivity contribution in [2.24, 2.45) is 5.92 Å². The molecule has 2 bridgehead atoms. The number of fused-ring (bicyclic) bond motifs is 2. The Morgan fingerprint density at radius 2 is 1.71 bits per heavy atom. The van der Waals surface area contributed by atoms with Gasteiger partial charge >= 0.3 is 12.1 Å². The number of rotatable bonds is 3. The van der Waals surface area contributed by atoms with Gasteiger partial charge < -0.3 is 14.4 Å². The Hall–Kier alpha value is -1.26. The molecule has 0 saturated carbocycles. The van der Waals surface area contributed by atoms with Gasteiger partial charge in [0, 0.05) is 18.5 Å². The molecule has 2 saturated heterocycles. The maximum atomic E-state index is 12.3. The average Bonchev–Trinajstić information content (AvgIpc) is 2.60. The highest BCUT2D eigenvalue weighted by atomic mass is 16.6. The molecule has 1 amide bonds. The van der Waals surface area contributed by atoms with Gasteiger partial charge in [-0.3, -0.25) is 4.79 Å². The second-order valence-electron chi connectivity index (χ2n) is 7.12. The van der Waals surface area contributed by atoms with Gasteiger partial charge in [0.2, 0.25) is 0 Å². The number of nitrogens with zero attached hydrogens (tertiary/aromatic N) is 1. The van der Waals surface area contributed by atoms with E-state index < -0.39 is 5.60 Å². The van der Waals surface area contributed by atoms with Crippen LogP contribution in [0.25, 0.3) is 0 Å². The summed E-state index contributed by atoms with van der Waals surface area (Å²) in [5.41, 5.74) is -0.460. The molecule has 2 aliphatic heterocycles. The predicted octanol–water partition coefficient (Wildman–Crippen LogP) is 3.12. The zero-order valence-corrected chi connectivity index (χ0v) is 13.6. The molecule has 5 heteroatoms. The molecular formula is C16H27NO4. The Morgan fingerprint density at radius 1 is 1.14 bits per heavy atom. The van der Waals surface area contributed by atoms with Crippen molar-refractivity contribution in [2.75, 3.05) is 6.61 Å². The van der Waals surface area contributed by atoms with Crippen LogP contribution in [0.3, 0.4) is 0 Å². The third-order valence-electron chi connectivity index (χ3n) is 4.20. The molecule has 0 aromatic heterocycles. The minimum Gasteiger partial charge on any atom is -0.466 e. The third-order valence-corrected chi connectivity index (χ3v) is 4.20. The average molecular weight is 297 g/mol. The fraction of sp³-hybridized carbons (Fsp3) is 0.875. The van der Waals surface area contributed by atoms with Gasteiger partial charge in [0.15, 0.2) is 0 Å². The fourth-order valence-electron chi connectivity index (χ4n) is 3.52. The summed E-state index contributed by atoms with van der Waals surface area (Å²) in [6.07, 6.45) is 4.07. The van der Waals surface area contributed by atoms with E-state index >= 15 is 0 Å². The van der Waals surface area contributed by atoms with Crippen LogP contribution >= 0.6 is 0 Å². The lowest BCUT2D eigenvalue weighted by Crippen LogP contribution is -2.48. The number of carbonyl (C=O) groups is 2. The SMILES string of the molecule is CCOC(=O)CC1CC2CC[C@@H](C1)N2C(=O)OC(C)(C)C. The van der Waals surface area contributed by atoms with E-state index in [4.69, 9.17) is 9.47 Å². The molecule has 0 spiro atoms. The highest BCUT2D eigenvalue weighted by Gasteiger charge is 2.45. The molecule has 0 aromatic rings. The first-order valence-electron chi connectivity index (χ1n) is 7.97. The maximum absolute atomic E-state index is 12.3.